The molecule has 0 radical (unpaired) electrons. The number of carbonyl (C=O) groups is 2. The summed E-state index contributed by atoms with van der Waals surface area (Å²) in [5.74, 6) is -0.0915. The number of anilines is 1. The molecule has 0 atom stereocenters. The molecule has 1 aromatic heterocycles. The number of Topliss-reactive ketones (excluding diaryl/α,β-unsaturated/α-hetero) is 1. The van der Waals surface area contributed by atoms with Gasteiger partial charge < -0.3 is 4.98 Å². The molecule has 0 spiro atoms. The number of benzene rings is 1. The molecule has 0 saturated carbocycles. The van der Waals surface area contributed by atoms with Crippen LogP contribution in [-0.4, -0.2) is 21.7 Å². The molecule has 0 aliphatic rings. The van der Waals surface area contributed by atoms with Crippen LogP contribution < -0.4 is 5.32 Å². The number of aromatic amines is 1. The number of hydrogen-bond donors (Lipinski definition) is 2. The van der Waals surface area contributed by atoms with Gasteiger partial charge >= 0.3 is 0 Å². The fourth-order valence-electron chi connectivity index (χ4n) is 1.63. The van der Waals surface area contributed by atoms with E-state index >= 15 is 0 Å². The van der Waals surface area contributed by atoms with E-state index in [1.54, 1.807) is 31.2 Å². The van der Waals surface area contributed by atoms with E-state index < -0.39 is 0 Å². The molecule has 0 fully saturated rings. The van der Waals surface area contributed by atoms with Crippen LogP contribution in [0.1, 0.15) is 33.5 Å². The lowest BCUT2D eigenvalue weighted by Crippen LogP contribution is -2.12. The molecule has 1 aromatic carbocycles. The van der Waals surface area contributed by atoms with Crippen LogP contribution >= 0.6 is 0 Å². The Bertz CT molecular complexity index is 588. The van der Waals surface area contributed by atoms with E-state index in [1.165, 1.54) is 6.92 Å². The predicted molar refractivity (Wildman–Crippen MR) is 67.7 cm³/mol. The average molecular weight is 243 g/mol. The van der Waals surface area contributed by atoms with Gasteiger partial charge in [-0.3, -0.25) is 14.9 Å². The van der Waals surface area contributed by atoms with Gasteiger partial charge in [0.25, 0.3) is 5.91 Å². The number of aromatic nitrogens is 2. The Kier molecular flexibility index (Phi) is 3.23. The molecule has 5 nitrogen and oxygen atoms in total. The average Bonchev–Trinajstić information content (AvgIpc) is 2.71. The molecule has 0 unspecified atom stereocenters. The third-order valence-electron chi connectivity index (χ3n) is 2.50. The molecule has 1 amide bonds. The van der Waals surface area contributed by atoms with Crippen molar-refractivity contribution in [3.8, 4) is 0 Å². The van der Waals surface area contributed by atoms with Gasteiger partial charge in [0, 0.05) is 12.5 Å². The van der Waals surface area contributed by atoms with Crippen molar-refractivity contribution < 1.29 is 9.59 Å². The number of H-pyrrole nitrogens is 1. The minimum atomic E-state index is -0.264. The summed E-state index contributed by atoms with van der Waals surface area (Å²) in [6, 6.07) is 8.81. The second-order valence-corrected chi connectivity index (χ2v) is 3.92. The molecule has 2 rings (SSSR count). The summed E-state index contributed by atoms with van der Waals surface area (Å²) in [6.45, 7) is 3.16. The third-order valence-corrected chi connectivity index (χ3v) is 2.50. The summed E-state index contributed by atoms with van der Waals surface area (Å²) in [5.41, 5.74) is 1.53. The van der Waals surface area contributed by atoms with Gasteiger partial charge in [0.2, 0.25) is 5.95 Å². The van der Waals surface area contributed by atoms with Gasteiger partial charge in [-0.15, -0.1) is 0 Å². The molecular weight excluding hydrogens is 230 g/mol. The van der Waals surface area contributed by atoms with Crippen molar-refractivity contribution in [1.29, 1.82) is 0 Å². The second-order valence-electron chi connectivity index (χ2n) is 3.92. The van der Waals surface area contributed by atoms with Crippen molar-refractivity contribution in [3.05, 3.63) is 47.3 Å². The lowest BCUT2D eigenvalue weighted by molar-refractivity contribution is 0.100. The Morgan fingerprint density at radius 2 is 1.89 bits per heavy atom. The first-order chi connectivity index (χ1) is 8.58. The number of nitrogens with one attached hydrogen (secondary N) is 2. The molecule has 0 aliphatic heterocycles. The van der Waals surface area contributed by atoms with E-state index in [0.717, 1.165) is 0 Å². The van der Waals surface area contributed by atoms with Gasteiger partial charge in [-0.2, -0.15) is 0 Å². The predicted octanol–water partition coefficient (Wildman–Crippen LogP) is 2.17. The van der Waals surface area contributed by atoms with Crippen LogP contribution in [0.25, 0.3) is 0 Å². The SMILES string of the molecule is CC(=O)c1[nH]c(NC(=O)c2ccccc2)nc1C. The minimum Gasteiger partial charge on any atom is -0.321 e. The fourth-order valence-corrected chi connectivity index (χ4v) is 1.63. The van der Waals surface area contributed by atoms with Gasteiger partial charge in [-0.25, -0.2) is 4.98 Å². The summed E-state index contributed by atoms with van der Waals surface area (Å²) in [4.78, 5) is 30.0. The number of ketones is 1. The summed E-state index contributed by atoms with van der Waals surface area (Å²) in [5, 5.41) is 2.62. The first kappa shape index (κ1) is 12.0. The highest BCUT2D eigenvalue weighted by Crippen LogP contribution is 2.10. The summed E-state index contributed by atoms with van der Waals surface area (Å²) in [7, 11) is 0. The molecular formula is C13H13N3O2. The number of hydrogen-bond acceptors (Lipinski definition) is 3. The summed E-state index contributed by atoms with van der Waals surface area (Å²) < 4.78 is 0. The minimum absolute atomic E-state index is 0.111. The highest BCUT2D eigenvalue weighted by Gasteiger charge is 2.12. The van der Waals surface area contributed by atoms with E-state index in [0.29, 0.717) is 17.0 Å². The topological polar surface area (TPSA) is 74.8 Å². The maximum absolute atomic E-state index is 11.8. The quantitative estimate of drug-likeness (QED) is 0.811. The highest BCUT2D eigenvalue weighted by molar-refractivity contribution is 6.03. The number of nitrogens with zero attached hydrogens (tertiary/aromatic N) is 1. The molecule has 92 valence electrons. The number of aryl methyl sites for hydroxylation is 1. The Morgan fingerprint density at radius 1 is 1.22 bits per heavy atom. The van der Waals surface area contributed by atoms with Crippen molar-refractivity contribution in [1.82, 2.24) is 9.97 Å². The molecule has 2 aromatic rings. The molecule has 1 heterocycles. The standard InChI is InChI=1S/C13H13N3O2/c1-8-11(9(2)17)15-13(14-8)16-12(18)10-6-4-3-5-7-10/h3-7H,1-2H3,(H2,14,15,16,18). The fraction of sp³-hybridized carbons (Fsp3) is 0.154. The number of imidazole rings is 1. The summed E-state index contributed by atoms with van der Waals surface area (Å²) in [6.07, 6.45) is 0. The van der Waals surface area contributed by atoms with E-state index in [-0.39, 0.29) is 17.6 Å². The van der Waals surface area contributed by atoms with Crippen molar-refractivity contribution in [2.75, 3.05) is 5.32 Å². The van der Waals surface area contributed by atoms with Crippen molar-refractivity contribution in [3.63, 3.8) is 0 Å². The van der Waals surface area contributed by atoms with Crippen LogP contribution in [0.4, 0.5) is 5.95 Å². The van der Waals surface area contributed by atoms with Crippen LogP contribution in [0, 0.1) is 6.92 Å². The van der Waals surface area contributed by atoms with E-state index in [4.69, 9.17) is 0 Å². The van der Waals surface area contributed by atoms with E-state index in [1.807, 2.05) is 6.07 Å². The van der Waals surface area contributed by atoms with Crippen LogP contribution in [0.5, 0.6) is 0 Å². The number of carbonyl (C=O) groups excluding carboxylic acids is 2. The van der Waals surface area contributed by atoms with Gasteiger partial charge in [-0.05, 0) is 19.1 Å². The molecule has 0 bridgehead atoms. The zero-order valence-corrected chi connectivity index (χ0v) is 10.2. The van der Waals surface area contributed by atoms with Crippen molar-refractivity contribution in [2.45, 2.75) is 13.8 Å². The molecule has 0 saturated heterocycles. The van der Waals surface area contributed by atoms with Crippen LogP contribution in [0.3, 0.4) is 0 Å². The van der Waals surface area contributed by atoms with Crippen molar-refractivity contribution >= 4 is 17.6 Å². The Balaban J connectivity index is 2.18. The van der Waals surface area contributed by atoms with Gasteiger partial charge in [0.15, 0.2) is 5.78 Å². The Morgan fingerprint density at radius 3 is 2.44 bits per heavy atom. The van der Waals surface area contributed by atoms with Crippen molar-refractivity contribution in [2.24, 2.45) is 0 Å². The van der Waals surface area contributed by atoms with Gasteiger partial charge in [0.05, 0.1) is 5.69 Å². The largest absolute Gasteiger partial charge is 0.321 e. The van der Waals surface area contributed by atoms with Gasteiger partial charge in [0.1, 0.15) is 5.69 Å². The maximum atomic E-state index is 11.8. The maximum Gasteiger partial charge on any atom is 0.257 e. The first-order valence-corrected chi connectivity index (χ1v) is 5.52. The van der Waals surface area contributed by atoms with E-state index in [2.05, 4.69) is 15.3 Å². The third kappa shape index (κ3) is 2.45. The lowest BCUT2D eigenvalue weighted by atomic mass is 10.2. The highest BCUT2D eigenvalue weighted by atomic mass is 16.2. The Hall–Kier alpha value is -2.43. The smallest absolute Gasteiger partial charge is 0.257 e. The molecule has 2 N–H and O–H groups in total. The normalized spacial score (nSPS) is 10.1. The van der Waals surface area contributed by atoms with Crippen LogP contribution in [0.15, 0.2) is 30.3 Å². The Labute approximate surface area is 104 Å². The lowest BCUT2D eigenvalue weighted by Gasteiger charge is -2.00. The zero-order chi connectivity index (χ0) is 13.1. The number of rotatable bonds is 3. The molecule has 5 heteroatoms. The van der Waals surface area contributed by atoms with Crippen LogP contribution in [0.2, 0.25) is 0 Å². The number of amides is 1. The van der Waals surface area contributed by atoms with Crippen LogP contribution in [-0.2, 0) is 0 Å². The second kappa shape index (κ2) is 4.83. The zero-order valence-electron chi connectivity index (χ0n) is 10.2. The first-order valence-electron chi connectivity index (χ1n) is 5.52. The van der Waals surface area contributed by atoms with Gasteiger partial charge in [-0.1, -0.05) is 18.2 Å². The molecule has 0 aliphatic carbocycles. The van der Waals surface area contributed by atoms with E-state index in [9.17, 15) is 9.59 Å². The summed E-state index contributed by atoms with van der Waals surface area (Å²) >= 11 is 0. The monoisotopic (exact) mass is 243 g/mol. The molecule has 18 heavy (non-hydrogen) atoms.